The third-order valence-corrected chi connectivity index (χ3v) is 2.98. The fourth-order valence-electron chi connectivity index (χ4n) is 1.85. The van der Waals surface area contributed by atoms with Crippen molar-refractivity contribution in [3.63, 3.8) is 0 Å². The highest BCUT2D eigenvalue weighted by Gasteiger charge is 2.20. The van der Waals surface area contributed by atoms with Crippen LogP contribution in [0, 0.1) is 0 Å². The van der Waals surface area contributed by atoms with Gasteiger partial charge in [0.1, 0.15) is 0 Å². The van der Waals surface area contributed by atoms with E-state index < -0.39 is 6.16 Å². The summed E-state index contributed by atoms with van der Waals surface area (Å²) < 4.78 is 10.5. The Labute approximate surface area is 106 Å². The standard InChI is InChI=1S/C12H16O2.CH2O3/c1-13-11-7-6-10(8-12(11)14-2)9-4-3-5-9;2-1(3)4/h6-9H,3-5H2,1-2H3;(H2,2,3,4). The van der Waals surface area contributed by atoms with Gasteiger partial charge >= 0.3 is 6.16 Å². The summed E-state index contributed by atoms with van der Waals surface area (Å²) in [5.74, 6) is 2.40. The zero-order valence-corrected chi connectivity index (χ0v) is 10.5. The molecule has 0 saturated heterocycles. The van der Waals surface area contributed by atoms with Crippen LogP contribution in [0.1, 0.15) is 30.7 Å². The summed E-state index contributed by atoms with van der Waals surface area (Å²) in [5.41, 5.74) is 1.38. The first-order valence-corrected chi connectivity index (χ1v) is 5.72. The summed E-state index contributed by atoms with van der Waals surface area (Å²) in [4.78, 5) is 8.56. The van der Waals surface area contributed by atoms with Crippen molar-refractivity contribution in [3.8, 4) is 11.5 Å². The molecule has 0 atom stereocenters. The molecule has 1 aliphatic carbocycles. The van der Waals surface area contributed by atoms with E-state index in [1.54, 1.807) is 14.2 Å². The molecule has 0 bridgehead atoms. The fraction of sp³-hybridized carbons (Fsp3) is 0.462. The molecule has 2 N–H and O–H groups in total. The molecule has 0 radical (unpaired) electrons. The van der Waals surface area contributed by atoms with Crippen LogP contribution >= 0.6 is 0 Å². The normalized spacial score (nSPS) is 13.9. The zero-order valence-electron chi connectivity index (χ0n) is 10.5. The van der Waals surface area contributed by atoms with Crippen LogP contribution in [-0.4, -0.2) is 30.6 Å². The molecule has 1 aromatic carbocycles. The quantitative estimate of drug-likeness (QED) is 0.866. The average Bonchev–Trinajstić information content (AvgIpc) is 2.26. The van der Waals surface area contributed by atoms with Gasteiger partial charge in [-0.05, 0) is 36.5 Å². The van der Waals surface area contributed by atoms with E-state index >= 15 is 0 Å². The largest absolute Gasteiger partial charge is 0.503 e. The van der Waals surface area contributed by atoms with Gasteiger partial charge in [-0.3, -0.25) is 0 Å². The molecular formula is C13H18O5. The fourth-order valence-corrected chi connectivity index (χ4v) is 1.85. The molecule has 5 heteroatoms. The van der Waals surface area contributed by atoms with Crippen molar-refractivity contribution in [2.75, 3.05) is 14.2 Å². The minimum absolute atomic E-state index is 0.745. The maximum Gasteiger partial charge on any atom is 0.503 e. The molecule has 0 aromatic heterocycles. The van der Waals surface area contributed by atoms with E-state index in [1.165, 1.54) is 24.8 Å². The maximum atomic E-state index is 8.56. The zero-order chi connectivity index (χ0) is 13.5. The highest BCUT2D eigenvalue weighted by Crippen LogP contribution is 2.39. The summed E-state index contributed by atoms with van der Waals surface area (Å²) in [5, 5.41) is 13.9. The predicted octanol–water partition coefficient (Wildman–Crippen LogP) is 3.19. The van der Waals surface area contributed by atoms with Gasteiger partial charge in [0.05, 0.1) is 14.2 Å². The summed E-state index contributed by atoms with van der Waals surface area (Å²) in [6.07, 6.45) is 2.16. The van der Waals surface area contributed by atoms with Gasteiger partial charge in [0.2, 0.25) is 0 Å². The number of carboxylic acid groups (broad SMARTS) is 2. The topological polar surface area (TPSA) is 76.0 Å². The highest BCUT2D eigenvalue weighted by molar-refractivity contribution is 5.53. The van der Waals surface area contributed by atoms with Crippen LogP contribution < -0.4 is 9.47 Å². The molecule has 5 nitrogen and oxygen atoms in total. The van der Waals surface area contributed by atoms with E-state index in [1.807, 2.05) is 6.07 Å². The Morgan fingerprint density at radius 1 is 1.17 bits per heavy atom. The number of hydrogen-bond donors (Lipinski definition) is 2. The molecule has 18 heavy (non-hydrogen) atoms. The summed E-state index contributed by atoms with van der Waals surface area (Å²) in [7, 11) is 3.35. The molecule has 1 aliphatic rings. The lowest BCUT2D eigenvalue weighted by molar-refractivity contribution is 0.137. The molecule has 0 spiro atoms. The van der Waals surface area contributed by atoms with Crippen molar-refractivity contribution in [2.24, 2.45) is 0 Å². The van der Waals surface area contributed by atoms with E-state index in [-0.39, 0.29) is 0 Å². The van der Waals surface area contributed by atoms with Crippen LogP contribution in [0.25, 0.3) is 0 Å². The van der Waals surface area contributed by atoms with Crippen molar-refractivity contribution >= 4 is 6.16 Å². The SMILES string of the molecule is COc1ccc(C2CCC2)cc1OC.O=C(O)O. The smallest absolute Gasteiger partial charge is 0.493 e. The number of benzene rings is 1. The Hall–Kier alpha value is -1.91. The molecule has 0 unspecified atom stereocenters. The highest BCUT2D eigenvalue weighted by atomic mass is 16.6. The molecule has 0 aliphatic heterocycles. The van der Waals surface area contributed by atoms with Crippen LogP contribution in [0.15, 0.2) is 18.2 Å². The minimum atomic E-state index is -1.83. The van der Waals surface area contributed by atoms with Crippen molar-refractivity contribution in [3.05, 3.63) is 23.8 Å². The first kappa shape index (κ1) is 14.2. The van der Waals surface area contributed by atoms with Gasteiger partial charge in [-0.25, -0.2) is 4.79 Å². The average molecular weight is 254 g/mol. The summed E-state index contributed by atoms with van der Waals surface area (Å²) in [6.45, 7) is 0. The van der Waals surface area contributed by atoms with E-state index in [4.69, 9.17) is 24.5 Å². The van der Waals surface area contributed by atoms with Crippen LogP contribution in [0.4, 0.5) is 4.79 Å². The van der Waals surface area contributed by atoms with E-state index in [9.17, 15) is 0 Å². The molecule has 0 heterocycles. The Morgan fingerprint density at radius 2 is 1.72 bits per heavy atom. The Kier molecular flexibility index (Phi) is 5.30. The van der Waals surface area contributed by atoms with Crippen molar-refractivity contribution < 1.29 is 24.5 Å². The number of hydrogen-bond acceptors (Lipinski definition) is 3. The maximum absolute atomic E-state index is 8.56. The second-order valence-electron chi connectivity index (χ2n) is 4.02. The molecule has 1 aromatic rings. The molecule has 1 saturated carbocycles. The molecule has 0 amide bonds. The minimum Gasteiger partial charge on any atom is -0.493 e. The lowest BCUT2D eigenvalue weighted by atomic mass is 9.80. The second kappa shape index (κ2) is 6.74. The van der Waals surface area contributed by atoms with Crippen LogP contribution in [0.2, 0.25) is 0 Å². The lowest BCUT2D eigenvalue weighted by Gasteiger charge is -2.26. The molecule has 2 rings (SSSR count). The monoisotopic (exact) mass is 254 g/mol. The Balaban J connectivity index is 0.000000357. The van der Waals surface area contributed by atoms with Gasteiger partial charge in [0.25, 0.3) is 0 Å². The van der Waals surface area contributed by atoms with Gasteiger partial charge in [0.15, 0.2) is 11.5 Å². The summed E-state index contributed by atoms with van der Waals surface area (Å²) in [6, 6.07) is 6.24. The Morgan fingerprint density at radius 3 is 2.11 bits per heavy atom. The third kappa shape index (κ3) is 3.84. The van der Waals surface area contributed by atoms with Crippen LogP contribution in [-0.2, 0) is 0 Å². The van der Waals surface area contributed by atoms with E-state index in [0.29, 0.717) is 0 Å². The van der Waals surface area contributed by atoms with Gasteiger partial charge in [0, 0.05) is 0 Å². The van der Waals surface area contributed by atoms with Gasteiger partial charge < -0.3 is 19.7 Å². The molecule has 1 fully saturated rings. The first-order valence-electron chi connectivity index (χ1n) is 5.72. The van der Waals surface area contributed by atoms with Gasteiger partial charge in [-0.1, -0.05) is 12.5 Å². The Bertz CT molecular complexity index is 394. The number of ether oxygens (including phenoxy) is 2. The van der Waals surface area contributed by atoms with Gasteiger partial charge in [-0.15, -0.1) is 0 Å². The number of rotatable bonds is 3. The van der Waals surface area contributed by atoms with Crippen LogP contribution in [0.5, 0.6) is 11.5 Å². The molecular weight excluding hydrogens is 236 g/mol. The van der Waals surface area contributed by atoms with Crippen LogP contribution in [0.3, 0.4) is 0 Å². The summed E-state index contributed by atoms with van der Waals surface area (Å²) >= 11 is 0. The van der Waals surface area contributed by atoms with Gasteiger partial charge in [-0.2, -0.15) is 0 Å². The number of carbonyl (C=O) groups is 1. The lowest BCUT2D eigenvalue weighted by Crippen LogP contribution is -2.08. The predicted molar refractivity (Wildman–Crippen MR) is 66.8 cm³/mol. The van der Waals surface area contributed by atoms with Crippen molar-refractivity contribution in [1.82, 2.24) is 0 Å². The van der Waals surface area contributed by atoms with E-state index in [0.717, 1.165) is 17.4 Å². The second-order valence-corrected chi connectivity index (χ2v) is 4.02. The van der Waals surface area contributed by atoms with E-state index in [2.05, 4.69) is 12.1 Å². The van der Waals surface area contributed by atoms with Crippen molar-refractivity contribution in [2.45, 2.75) is 25.2 Å². The first-order chi connectivity index (χ1) is 8.58. The number of methoxy groups -OCH3 is 2. The van der Waals surface area contributed by atoms with Crippen molar-refractivity contribution in [1.29, 1.82) is 0 Å². The third-order valence-electron chi connectivity index (χ3n) is 2.98. The molecule has 100 valence electrons.